The number of carbonyl (C=O) groups is 1. The molecule has 0 spiro atoms. The van der Waals surface area contributed by atoms with E-state index < -0.39 is 55.7 Å². The molecule has 1 fully saturated rings. The molecule has 12 heteroatoms. The van der Waals surface area contributed by atoms with E-state index in [1.54, 1.807) is 6.92 Å². The molecule has 8 nitrogen and oxygen atoms in total. The SMILES string of the molecule is CC1CC(C(=O)O)CN(S(=O)(=O)c2ccc([N+](=O)[O-])cc2C(F)(F)F)C1. The van der Waals surface area contributed by atoms with Crippen molar-refractivity contribution in [2.45, 2.75) is 24.4 Å². The molecule has 1 aliphatic heterocycles. The molecule has 2 unspecified atom stereocenters. The zero-order valence-corrected chi connectivity index (χ0v) is 14.2. The average Bonchev–Trinajstić information content (AvgIpc) is 2.52. The molecule has 2 rings (SSSR count). The van der Waals surface area contributed by atoms with Crippen molar-refractivity contribution < 1.29 is 36.4 Å². The summed E-state index contributed by atoms with van der Waals surface area (Å²) in [6, 6.07) is 1.37. The summed E-state index contributed by atoms with van der Waals surface area (Å²) in [6.45, 7) is 0.995. The summed E-state index contributed by atoms with van der Waals surface area (Å²) >= 11 is 0. The van der Waals surface area contributed by atoms with Crippen molar-refractivity contribution >= 4 is 21.7 Å². The highest BCUT2D eigenvalue weighted by atomic mass is 32.2. The normalized spacial score (nSPS) is 22.2. The molecule has 26 heavy (non-hydrogen) atoms. The van der Waals surface area contributed by atoms with Gasteiger partial charge in [-0.05, 0) is 18.4 Å². The van der Waals surface area contributed by atoms with Crippen LogP contribution in [-0.4, -0.2) is 41.8 Å². The maximum Gasteiger partial charge on any atom is 0.417 e. The molecule has 0 radical (unpaired) electrons. The van der Waals surface area contributed by atoms with Crippen LogP contribution in [0.25, 0.3) is 0 Å². The zero-order chi connectivity index (χ0) is 19.9. The number of hydrogen-bond donors (Lipinski definition) is 1. The molecule has 0 bridgehead atoms. The van der Waals surface area contributed by atoms with Crippen LogP contribution in [0, 0.1) is 22.0 Å². The van der Waals surface area contributed by atoms with Gasteiger partial charge in [0.1, 0.15) is 0 Å². The van der Waals surface area contributed by atoms with E-state index in [-0.39, 0.29) is 24.9 Å². The van der Waals surface area contributed by atoms with Gasteiger partial charge in [-0.2, -0.15) is 17.5 Å². The number of piperidine rings is 1. The van der Waals surface area contributed by atoms with E-state index in [4.69, 9.17) is 5.11 Å². The van der Waals surface area contributed by atoms with E-state index in [1.807, 2.05) is 0 Å². The van der Waals surface area contributed by atoms with E-state index >= 15 is 0 Å². The predicted octanol–water partition coefficient (Wildman–Crippen LogP) is 2.34. The number of alkyl halides is 3. The van der Waals surface area contributed by atoms with Crippen molar-refractivity contribution in [2.24, 2.45) is 11.8 Å². The summed E-state index contributed by atoms with van der Waals surface area (Å²) < 4.78 is 65.9. The van der Waals surface area contributed by atoms with Crippen molar-refractivity contribution in [3.05, 3.63) is 33.9 Å². The van der Waals surface area contributed by atoms with Gasteiger partial charge in [-0.15, -0.1) is 0 Å². The number of nitrogens with zero attached hydrogens (tertiary/aromatic N) is 2. The average molecular weight is 396 g/mol. The highest BCUT2D eigenvalue weighted by Gasteiger charge is 2.43. The van der Waals surface area contributed by atoms with Gasteiger partial charge in [0.05, 0.1) is 21.3 Å². The number of rotatable bonds is 4. The summed E-state index contributed by atoms with van der Waals surface area (Å²) in [6.07, 6.45) is -4.93. The number of hydrogen-bond acceptors (Lipinski definition) is 5. The van der Waals surface area contributed by atoms with Crippen LogP contribution in [0.2, 0.25) is 0 Å². The Kier molecular flexibility index (Phi) is 5.29. The first-order valence-electron chi connectivity index (χ1n) is 7.42. The van der Waals surface area contributed by atoms with Gasteiger partial charge in [-0.3, -0.25) is 14.9 Å². The fraction of sp³-hybridized carbons (Fsp3) is 0.500. The second-order valence-corrected chi connectivity index (χ2v) is 8.04. The Hall–Kier alpha value is -2.21. The number of nitro groups is 1. The maximum atomic E-state index is 13.3. The summed E-state index contributed by atoms with van der Waals surface area (Å²) in [4.78, 5) is 19.7. The van der Waals surface area contributed by atoms with Gasteiger partial charge in [0.25, 0.3) is 5.69 Å². The van der Waals surface area contributed by atoms with Gasteiger partial charge in [0.15, 0.2) is 0 Å². The number of non-ortho nitro benzene ring substituents is 1. The molecule has 2 atom stereocenters. The number of benzene rings is 1. The molecule has 1 aromatic rings. The van der Waals surface area contributed by atoms with Gasteiger partial charge in [-0.25, -0.2) is 8.42 Å². The van der Waals surface area contributed by atoms with E-state index in [0.717, 1.165) is 0 Å². The van der Waals surface area contributed by atoms with Crippen LogP contribution >= 0.6 is 0 Å². The Morgan fingerprint density at radius 2 is 1.96 bits per heavy atom. The minimum Gasteiger partial charge on any atom is -0.481 e. The van der Waals surface area contributed by atoms with Crippen LogP contribution in [0.1, 0.15) is 18.9 Å². The van der Waals surface area contributed by atoms with Gasteiger partial charge in [0, 0.05) is 25.2 Å². The van der Waals surface area contributed by atoms with Crippen molar-refractivity contribution in [1.82, 2.24) is 4.31 Å². The van der Waals surface area contributed by atoms with Gasteiger partial charge in [0.2, 0.25) is 10.0 Å². The molecule has 1 heterocycles. The quantitative estimate of drug-likeness (QED) is 0.617. The number of halogens is 3. The summed E-state index contributed by atoms with van der Waals surface area (Å²) in [5.41, 5.74) is -2.55. The second kappa shape index (κ2) is 6.83. The lowest BCUT2D eigenvalue weighted by molar-refractivity contribution is -0.385. The third-order valence-electron chi connectivity index (χ3n) is 4.07. The van der Waals surface area contributed by atoms with E-state index in [1.165, 1.54) is 0 Å². The molecule has 0 saturated carbocycles. The molecule has 0 amide bonds. The summed E-state index contributed by atoms with van der Waals surface area (Å²) in [5.74, 6) is -2.65. The largest absolute Gasteiger partial charge is 0.481 e. The van der Waals surface area contributed by atoms with E-state index in [9.17, 15) is 36.5 Å². The fourth-order valence-corrected chi connectivity index (χ4v) is 4.69. The minimum absolute atomic E-state index is 0.138. The molecular formula is C14H15F3N2O6S. The first-order chi connectivity index (χ1) is 11.8. The molecule has 0 aromatic heterocycles. The smallest absolute Gasteiger partial charge is 0.417 e. The first-order valence-corrected chi connectivity index (χ1v) is 8.86. The van der Waals surface area contributed by atoms with Crippen molar-refractivity contribution in [3.63, 3.8) is 0 Å². The number of sulfonamides is 1. The lowest BCUT2D eigenvalue weighted by atomic mass is 9.92. The lowest BCUT2D eigenvalue weighted by Crippen LogP contribution is -2.45. The van der Waals surface area contributed by atoms with E-state index in [2.05, 4.69) is 0 Å². The summed E-state index contributed by atoms with van der Waals surface area (Å²) in [5, 5.41) is 19.8. The van der Waals surface area contributed by atoms with Gasteiger partial charge >= 0.3 is 12.1 Å². The molecule has 1 aromatic carbocycles. The maximum absolute atomic E-state index is 13.3. The topological polar surface area (TPSA) is 118 Å². The first kappa shape index (κ1) is 20.1. The number of carboxylic acids is 1. The number of carboxylic acid groups (broad SMARTS) is 1. The Morgan fingerprint density at radius 1 is 1.35 bits per heavy atom. The Labute approximate surface area is 146 Å². The van der Waals surface area contributed by atoms with Crippen LogP contribution in [0.3, 0.4) is 0 Å². The molecule has 1 aliphatic rings. The van der Waals surface area contributed by atoms with Crippen LogP contribution in [0.5, 0.6) is 0 Å². The highest BCUT2D eigenvalue weighted by molar-refractivity contribution is 7.89. The number of nitro benzene ring substituents is 1. The lowest BCUT2D eigenvalue weighted by Gasteiger charge is -2.34. The second-order valence-electron chi connectivity index (χ2n) is 6.13. The Bertz CT molecular complexity index is 840. The van der Waals surface area contributed by atoms with Crippen LogP contribution in [-0.2, 0) is 21.0 Å². The van der Waals surface area contributed by atoms with Crippen LogP contribution in [0.15, 0.2) is 23.1 Å². The zero-order valence-electron chi connectivity index (χ0n) is 13.4. The minimum atomic E-state index is -5.14. The van der Waals surface area contributed by atoms with Crippen molar-refractivity contribution in [1.29, 1.82) is 0 Å². The molecule has 1 saturated heterocycles. The summed E-state index contributed by atoms with van der Waals surface area (Å²) in [7, 11) is -4.69. The van der Waals surface area contributed by atoms with E-state index in [0.29, 0.717) is 16.4 Å². The van der Waals surface area contributed by atoms with Crippen LogP contribution in [0.4, 0.5) is 18.9 Å². The van der Waals surface area contributed by atoms with Crippen molar-refractivity contribution in [2.75, 3.05) is 13.1 Å². The highest BCUT2D eigenvalue weighted by Crippen LogP contribution is 2.38. The van der Waals surface area contributed by atoms with Crippen LogP contribution < -0.4 is 0 Å². The predicted molar refractivity (Wildman–Crippen MR) is 81.8 cm³/mol. The third kappa shape index (κ3) is 3.96. The fourth-order valence-electron chi connectivity index (χ4n) is 2.89. The standard InChI is InChI=1S/C14H15F3N2O6S/c1-8-4-9(13(20)21)7-18(6-8)26(24,25)12-3-2-10(19(22)23)5-11(12)14(15,16)17/h2-3,5,8-9H,4,6-7H2,1H3,(H,20,21). The van der Waals surface area contributed by atoms with Gasteiger partial charge < -0.3 is 5.11 Å². The molecule has 1 N–H and O–H groups in total. The number of aliphatic carboxylic acids is 1. The Morgan fingerprint density at radius 3 is 2.46 bits per heavy atom. The Balaban J connectivity index is 2.55. The molecule has 0 aliphatic carbocycles. The van der Waals surface area contributed by atoms with Gasteiger partial charge in [-0.1, -0.05) is 6.92 Å². The molecular weight excluding hydrogens is 381 g/mol. The monoisotopic (exact) mass is 396 g/mol. The van der Waals surface area contributed by atoms with Crippen molar-refractivity contribution in [3.8, 4) is 0 Å². The molecule has 144 valence electrons. The third-order valence-corrected chi connectivity index (χ3v) is 5.96.